The molecule has 1 aliphatic heterocycles. The number of hydrogen-bond acceptors (Lipinski definition) is 2. The summed E-state index contributed by atoms with van der Waals surface area (Å²) in [6.45, 7) is 7.00. The smallest absolute Gasteiger partial charge is 0.0692 e. The molecular weight excluding hydrogens is 278 g/mol. The lowest BCUT2D eigenvalue weighted by Crippen LogP contribution is -2.38. The van der Waals surface area contributed by atoms with Crippen molar-refractivity contribution in [2.24, 2.45) is 11.8 Å². The molecule has 1 fully saturated rings. The van der Waals surface area contributed by atoms with Crippen molar-refractivity contribution < 1.29 is 5.11 Å². The Bertz CT molecular complexity index is 384. The van der Waals surface area contributed by atoms with E-state index in [0.717, 1.165) is 35.0 Å². The monoisotopic (exact) mass is 297 g/mol. The molecule has 0 amide bonds. The number of hydrogen-bond donors (Lipinski definition) is 1. The lowest BCUT2D eigenvalue weighted by molar-refractivity contribution is 0.281. The number of halogens is 1. The van der Waals surface area contributed by atoms with Crippen molar-refractivity contribution in [1.29, 1.82) is 0 Å². The van der Waals surface area contributed by atoms with Gasteiger partial charge in [0.15, 0.2) is 0 Å². The molecular formula is C14H20BrNO. The average molecular weight is 298 g/mol. The third kappa shape index (κ3) is 3.02. The van der Waals surface area contributed by atoms with E-state index in [1.807, 2.05) is 6.07 Å². The number of benzene rings is 1. The molecule has 2 atom stereocenters. The van der Waals surface area contributed by atoms with Crippen LogP contribution in [0, 0.1) is 11.8 Å². The van der Waals surface area contributed by atoms with Crippen LogP contribution < -0.4 is 4.90 Å². The van der Waals surface area contributed by atoms with E-state index in [9.17, 15) is 0 Å². The van der Waals surface area contributed by atoms with Crippen LogP contribution in [0.2, 0.25) is 0 Å². The third-order valence-electron chi connectivity index (χ3n) is 3.44. The third-order valence-corrected chi connectivity index (χ3v) is 4.18. The zero-order valence-corrected chi connectivity index (χ0v) is 12.1. The summed E-state index contributed by atoms with van der Waals surface area (Å²) in [6.07, 6.45) is 1.33. The number of aliphatic hydroxyl groups is 1. The zero-order valence-electron chi connectivity index (χ0n) is 10.5. The van der Waals surface area contributed by atoms with Crippen molar-refractivity contribution in [1.82, 2.24) is 0 Å². The van der Waals surface area contributed by atoms with Gasteiger partial charge in [-0.2, -0.15) is 0 Å². The summed E-state index contributed by atoms with van der Waals surface area (Å²) in [5.41, 5.74) is 2.21. The molecule has 2 nitrogen and oxygen atoms in total. The van der Waals surface area contributed by atoms with E-state index in [2.05, 4.69) is 46.8 Å². The Labute approximate surface area is 112 Å². The number of rotatable bonds is 2. The minimum Gasteiger partial charge on any atom is -0.392 e. The van der Waals surface area contributed by atoms with Gasteiger partial charge in [-0.05, 0) is 36.0 Å². The van der Waals surface area contributed by atoms with Crippen LogP contribution in [-0.2, 0) is 6.61 Å². The van der Waals surface area contributed by atoms with Crippen molar-refractivity contribution in [3.63, 3.8) is 0 Å². The zero-order chi connectivity index (χ0) is 12.4. The second-order valence-corrected chi connectivity index (χ2v) is 6.14. The van der Waals surface area contributed by atoms with Gasteiger partial charge in [-0.25, -0.2) is 0 Å². The first kappa shape index (κ1) is 12.9. The molecule has 0 aromatic heterocycles. The van der Waals surface area contributed by atoms with Gasteiger partial charge in [0, 0.05) is 23.2 Å². The molecule has 1 heterocycles. The van der Waals surface area contributed by atoms with Crippen LogP contribution in [0.15, 0.2) is 22.7 Å². The van der Waals surface area contributed by atoms with Crippen LogP contribution in [-0.4, -0.2) is 18.2 Å². The summed E-state index contributed by atoms with van der Waals surface area (Å²) >= 11 is 3.52. The molecule has 17 heavy (non-hydrogen) atoms. The fourth-order valence-corrected chi connectivity index (χ4v) is 3.23. The second kappa shape index (κ2) is 5.40. The predicted molar refractivity (Wildman–Crippen MR) is 75.2 cm³/mol. The van der Waals surface area contributed by atoms with Crippen molar-refractivity contribution in [3.8, 4) is 0 Å². The molecule has 0 radical (unpaired) electrons. The van der Waals surface area contributed by atoms with E-state index in [-0.39, 0.29) is 6.61 Å². The van der Waals surface area contributed by atoms with Gasteiger partial charge in [0.2, 0.25) is 0 Å². The molecule has 1 aromatic carbocycles. The topological polar surface area (TPSA) is 23.5 Å². The second-order valence-electron chi connectivity index (χ2n) is 5.28. The molecule has 1 aliphatic rings. The quantitative estimate of drug-likeness (QED) is 0.904. The van der Waals surface area contributed by atoms with Crippen molar-refractivity contribution >= 4 is 21.6 Å². The number of piperidine rings is 1. The van der Waals surface area contributed by atoms with Crippen LogP contribution in [0.25, 0.3) is 0 Å². The highest BCUT2D eigenvalue weighted by molar-refractivity contribution is 9.10. The van der Waals surface area contributed by atoms with Crippen LogP contribution in [0.5, 0.6) is 0 Å². The fraction of sp³-hybridized carbons (Fsp3) is 0.571. The molecule has 1 saturated heterocycles. The lowest BCUT2D eigenvalue weighted by Gasteiger charge is -2.36. The normalized spacial score (nSPS) is 25.1. The number of nitrogens with zero attached hydrogens (tertiary/aromatic N) is 1. The van der Waals surface area contributed by atoms with Crippen molar-refractivity contribution in [3.05, 3.63) is 28.2 Å². The maximum Gasteiger partial charge on any atom is 0.0692 e. The van der Waals surface area contributed by atoms with Crippen LogP contribution in [0.3, 0.4) is 0 Å². The van der Waals surface area contributed by atoms with Gasteiger partial charge >= 0.3 is 0 Å². The maximum absolute atomic E-state index is 9.16. The van der Waals surface area contributed by atoms with Crippen LogP contribution in [0.1, 0.15) is 25.8 Å². The largest absolute Gasteiger partial charge is 0.392 e. The minimum atomic E-state index is 0.0909. The Hall–Kier alpha value is -0.540. The van der Waals surface area contributed by atoms with E-state index in [4.69, 9.17) is 5.11 Å². The van der Waals surface area contributed by atoms with Crippen molar-refractivity contribution in [2.75, 3.05) is 18.0 Å². The summed E-state index contributed by atoms with van der Waals surface area (Å²) in [5.74, 6) is 1.52. The SMILES string of the molecule is CC1CC(C)CN(c2ccc(CO)c(Br)c2)C1. The Morgan fingerprint density at radius 3 is 2.47 bits per heavy atom. The summed E-state index contributed by atoms with van der Waals surface area (Å²) in [4.78, 5) is 2.45. The van der Waals surface area contributed by atoms with E-state index >= 15 is 0 Å². The average Bonchev–Trinajstić information content (AvgIpc) is 2.27. The first-order chi connectivity index (χ1) is 8.10. The van der Waals surface area contributed by atoms with Gasteiger partial charge in [0.1, 0.15) is 0 Å². The van der Waals surface area contributed by atoms with Crippen molar-refractivity contribution in [2.45, 2.75) is 26.9 Å². The molecule has 1 N–H and O–H groups in total. The Balaban J connectivity index is 2.19. The summed E-state index contributed by atoms with van der Waals surface area (Å²) in [7, 11) is 0. The Morgan fingerprint density at radius 1 is 1.29 bits per heavy atom. The predicted octanol–water partition coefficient (Wildman–Crippen LogP) is 3.42. The van der Waals surface area contributed by atoms with Gasteiger partial charge < -0.3 is 10.0 Å². The molecule has 2 unspecified atom stereocenters. The summed E-state index contributed by atoms with van der Waals surface area (Å²) in [5, 5.41) is 9.16. The van der Waals surface area contributed by atoms with Gasteiger partial charge in [-0.1, -0.05) is 35.8 Å². The highest BCUT2D eigenvalue weighted by atomic mass is 79.9. The standard InChI is InChI=1S/C14H20BrNO/c1-10-5-11(2)8-16(7-10)13-4-3-12(9-17)14(15)6-13/h3-4,6,10-11,17H,5,7-9H2,1-2H3. The van der Waals surface area contributed by atoms with E-state index < -0.39 is 0 Å². The highest BCUT2D eigenvalue weighted by Gasteiger charge is 2.22. The minimum absolute atomic E-state index is 0.0909. The summed E-state index contributed by atoms with van der Waals surface area (Å²) in [6, 6.07) is 6.24. The molecule has 3 heteroatoms. The Morgan fingerprint density at radius 2 is 1.94 bits per heavy atom. The van der Waals surface area contributed by atoms with Crippen LogP contribution >= 0.6 is 15.9 Å². The van der Waals surface area contributed by atoms with Gasteiger partial charge in [0.25, 0.3) is 0 Å². The van der Waals surface area contributed by atoms with Gasteiger partial charge in [-0.15, -0.1) is 0 Å². The van der Waals surface area contributed by atoms with Crippen LogP contribution in [0.4, 0.5) is 5.69 Å². The molecule has 0 saturated carbocycles. The number of anilines is 1. The summed E-state index contributed by atoms with van der Waals surface area (Å²) < 4.78 is 1.00. The van der Waals surface area contributed by atoms with E-state index in [0.29, 0.717) is 0 Å². The Kier molecular flexibility index (Phi) is 4.10. The van der Waals surface area contributed by atoms with E-state index in [1.165, 1.54) is 12.1 Å². The number of aliphatic hydroxyl groups excluding tert-OH is 1. The fourth-order valence-electron chi connectivity index (χ4n) is 2.73. The highest BCUT2D eigenvalue weighted by Crippen LogP contribution is 2.29. The first-order valence-electron chi connectivity index (χ1n) is 6.24. The molecule has 1 aromatic rings. The van der Waals surface area contributed by atoms with Gasteiger partial charge in [-0.3, -0.25) is 0 Å². The molecule has 0 spiro atoms. The molecule has 2 rings (SSSR count). The lowest BCUT2D eigenvalue weighted by atomic mass is 9.91. The first-order valence-corrected chi connectivity index (χ1v) is 7.03. The maximum atomic E-state index is 9.16. The van der Waals surface area contributed by atoms with Gasteiger partial charge in [0.05, 0.1) is 6.61 Å². The van der Waals surface area contributed by atoms with E-state index in [1.54, 1.807) is 0 Å². The molecule has 94 valence electrons. The molecule has 0 bridgehead atoms. The molecule has 0 aliphatic carbocycles.